The highest BCUT2D eigenvalue weighted by Gasteiger charge is 2.27. The van der Waals surface area contributed by atoms with E-state index in [1.54, 1.807) is 6.26 Å². The second kappa shape index (κ2) is 8.08. The predicted octanol–water partition coefficient (Wildman–Crippen LogP) is 2.41. The molecule has 2 aliphatic heterocycles. The maximum atomic E-state index is 12.4. The number of carbonyl (C=O) groups excluding carboxylic acids is 1. The van der Waals surface area contributed by atoms with Gasteiger partial charge in [-0.15, -0.1) is 0 Å². The molecule has 7 nitrogen and oxygen atoms in total. The van der Waals surface area contributed by atoms with Crippen LogP contribution in [0.25, 0.3) is 0 Å². The number of amides is 1. The zero-order valence-corrected chi connectivity index (χ0v) is 15.7. The molecule has 2 fully saturated rings. The highest BCUT2D eigenvalue weighted by molar-refractivity contribution is 5.78. The number of hydrogen-bond donors (Lipinski definition) is 1. The maximum Gasteiger partial charge on any atom is 0.223 e. The van der Waals surface area contributed by atoms with Crippen molar-refractivity contribution in [3.05, 3.63) is 41.7 Å². The number of aromatic nitrogens is 2. The lowest BCUT2D eigenvalue weighted by Crippen LogP contribution is -2.40. The van der Waals surface area contributed by atoms with E-state index >= 15 is 0 Å². The Morgan fingerprint density at radius 3 is 2.85 bits per heavy atom. The number of rotatable bonds is 5. The Morgan fingerprint density at radius 2 is 2.15 bits per heavy atom. The Kier molecular flexibility index (Phi) is 5.38. The van der Waals surface area contributed by atoms with E-state index in [1.165, 1.54) is 0 Å². The van der Waals surface area contributed by atoms with Gasteiger partial charge in [-0.25, -0.2) is 9.97 Å². The largest absolute Gasteiger partial charge is 0.467 e. The van der Waals surface area contributed by atoms with Crippen molar-refractivity contribution < 1.29 is 13.9 Å². The first kappa shape index (κ1) is 18.0. The minimum absolute atomic E-state index is 0.0434. The van der Waals surface area contributed by atoms with Crippen LogP contribution >= 0.6 is 0 Å². The first-order chi connectivity index (χ1) is 13.2. The number of piperidine rings is 1. The SMILES string of the molecule is Cc1nc([C@H]2CCOC2)cc(N2CCC(C(=O)NCc3ccco3)CC2)n1. The zero-order valence-electron chi connectivity index (χ0n) is 15.7. The number of ether oxygens (including phenoxy) is 1. The third-order valence-corrected chi connectivity index (χ3v) is 5.40. The van der Waals surface area contributed by atoms with E-state index in [-0.39, 0.29) is 11.8 Å². The number of anilines is 1. The van der Waals surface area contributed by atoms with Crippen molar-refractivity contribution in [2.75, 3.05) is 31.2 Å². The third kappa shape index (κ3) is 4.30. The van der Waals surface area contributed by atoms with Crippen molar-refractivity contribution >= 4 is 11.7 Å². The van der Waals surface area contributed by atoms with Gasteiger partial charge in [0.15, 0.2) is 0 Å². The summed E-state index contributed by atoms with van der Waals surface area (Å²) >= 11 is 0. The van der Waals surface area contributed by atoms with E-state index in [2.05, 4.69) is 26.3 Å². The Hall–Kier alpha value is -2.41. The molecule has 2 aromatic rings. The fraction of sp³-hybridized carbons (Fsp3) is 0.550. The van der Waals surface area contributed by atoms with E-state index in [0.717, 1.165) is 68.7 Å². The van der Waals surface area contributed by atoms with Gasteiger partial charge in [-0.05, 0) is 38.3 Å². The Morgan fingerprint density at radius 1 is 1.30 bits per heavy atom. The monoisotopic (exact) mass is 370 g/mol. The molecule has 4 rings (SSSR count). The van der Waals surface area contributed by atoms with Crippen molar-refractivity contribution in [1.82, 2.24) is 15.3 Å². The van der Waals surface area contributed by atoms with Crippen molar-refractivity contribution in [3.63, 3.8) is 0 Å². The van der Waals surface area contributed by atoms with Crippen LogP contribution in [0.5, 0.6) is 0 Å². The summed E-state index contributed by atoms with van der Waals surface area (Å²) in [5.41, 5.74) is 1.08. The topological polar surface area (TPSA) is 80.5 Å². The fourth-order valence-electron chi connectivity index (χ4n) is 3.82. The van der Waals surface area contributed by atoms with Crippen LogP contribution in [0, 0.1) is 12.8 Å². The zero-order chi connectivity index (χ0) is 18.6. The number of nitrogens with zero attached hydrogens (tertiary/aromatic N) is 3. The summed E-state index contributed by atoms with van der Waals surface area (Å²) in [6.07, 6.45) is 4.30. The highest BCUT2D eigenvalue weighted by Crippen LogP contribution is 2.28. The summed E-state index contributed by atoms with van der Waals surface area (Å²) in [6, 6.07) is 5.80. The van der Waals surface area contributed by atoms with Gasteiger partial charge < -0.3 is 19.4 Å². The smallest absolute Gasteiger partial charge is 0.223 e. The second-order valence-corrected chi connectivity index (χ2v) is 7.32. The van der Waals surface area contributed by atoms with Gasteiger partial charge in [0.1, 0.15) is 17.4 Å². The third-order valence-electron chi connectivity index (χ3n) is 5.40. The number of furan rings is 1. The summed E-state index contributed by atoms with van der Waals surface area (Å²) in [5, 5.41) is 2.97. The van der Waals surface area contributed by atoms with Crippen molar-refractivity contribution in [1.29, 1.82) is 0 Å². The van der Waals surface area contributed by atoms with Gasteiger partial charge in [0.2, 0.25) is 5.91 Å². The van der Waals surface area contributed by atoms with E-state index in [4.69, 9.17) is 9.15 Å². The van der Waals surface area contributed by atoms with Crippen LogP contribution in [0.2, 0.25) is 0 Å². The second-order valence-electron chi connectivity index (χ2n) is 7.32. The molecule has 4 heterocycles. The molecule has 7 heteroatoms. The van der Waals surface area contributed by atoms with Crippen LogP contribution in [0.4, 0.5) is 5.82 Å². The normalized spacial score (nSPS) is 20.8. The molecule has 1 N–H and O–H groups in total. The Labute approximate surface area is 159 Å². The molecule has 1 amide bonds. The standard InChI is InChI=1S/C20H26N4O3/c1-14-22-18(16-6-10-26-13-16)11-19(23-14)24-7-4-15(5-8-24)20(25)21-12-17-3-2-9-27-17/h2-3,9,11,15-16H,4-8,10,12-13H2,1H3,(H,21,25)/t16-/m0/s1. The van der Waals surface area contributed by atoms with Gasteiger partial charge in [0.25, 0.3) is 0 Å². The van der Waals surface area contributed by atoms with E-state index in [1.807, 2.05) is 19.1 Å². The van der Waals surface area contributed by atoms with Crippen LogP contribution < -0.4 is 10.2 Å². The molecule has 0 spiro atoms. The average molecular weight is 370 g/mol. The van der Waals surface area contributed by atoms with Crippen LogP contribution in [-0.4, -0.2) is 42.2 Å². The summed E-state index contributed by atoms with van der Waals surface area (Å²) in [4.78, 5) is 23.9. The lowest BCUT2D eigenvalue weighted by atomic mass is 9.95. The quantitative estimate of drug-likeness (QED) is 0.871. The molecule has 1 atom stereocenters. The molecule has 0 saturated carbocycles. The summed E-state index contributed by atoms with van der Waals surface area (Å²) in [7, 11) is 0. The maximum absolute atomic E-state index is 12.4. The molecular formula is C20H26N4O3. The van der Waals surface area contributed by atoms with E-state index < -0.39 is 0 Å². The fourth-order valence-corrected chi connectivity index (χ4v) is 3.82. The molecular weight excluding hydrogens is 344 g/mol. The number of aryl methyl sites for hydroxylation is 1. The molecule has 0 bridgehead atoms. The van der Waals surface area contributed by atoms with Crippen molar-refractivity contribution in [3.8, 4) is 0 Å². The van der Waals surface area contributed by atoms with Gasteiger partial charge in [-0.1, -0.05) is 0 Å². The van der Waals surface area contributed by atoms with Crippen LogP contribution in [0.3, 0.4) is 0 Å². The molecule has 2 aromatic heterocycles. The molecule has 0 aromatic carbocycles. The lowest BCUT2D eigenvalue weighted by Gasteiger charge is -2.32. The molecule has 2 saturated heterocycles. The van der Waals surface area contributed by atoms with E-state index in [0.29, 0.717) is 12.5 Å². The van der Waals surface area contributed by atoms with Crippen LogP contribution in [-0.2, 0) is 16.1 Å². The highest BCUT2D eigenvalue weighted by atomic mass is 16.5. The average Bonchev–Trinajstić information content (AvgIpc) is 3.39. The summed E-state index contributed by atoms with van der Waals surface area (Å²) in [5.74, 6) is 3.07. The Balaban J connectivity index is 1.34. The molecule has 144 valence electrons. The summed E-state index contributed by atoms with van der Waals surface area (Å²) in [6.45, 7) is 5.60. The van der Waals surface area contributed by atoms with E-state index in [9.17, 15) is 4.79 Å². The molecule has 0 unspecified atom stereocenters. The predicted molar refractivity (Wildman–Crippen MR) is 100 cm³/mol. The van der Waals surface area contributed by atoms with Gasteiger partial charge in [0.05, 0.1) is 25.1 Å². The summed E-state index contributed by atoms with van der Waals surface area (Å²) < 4.78 is 10.8. The minimum Gasteiger partial charge on any atom is -0.467 e. The molecule has 0 aliphatic carbocycles. The molecule has 2 aliphatic rings. The van der Waals surface area contributed by atoms with Gasteiger partial charge >= 0.3 is 0 Å². The van der Waals surface area contributed by atoms with Crippen molar-refractivity contribution in [2.24, 2.45) is 5.92 Å². The van der Waals surface area contributed by atoms with Crippen LogP contribution in [0.1, 0.15) is 42.5 Å². The Bertz CT molecular complexity index is 764. The van der Waals surface area contributed by atoms with Gasteiger partial charge in [-0.2, -0.15) is 0 Å². The van der Waals surface area contributed by atoms with Crippen molar-refractivity contribution in [2.45, 2.75) is 38.6 Å². The number of hydrogen-bond acceptors (Lipinski definition) is 6. The first-order valence-electron chi connectivity index (χ1n) is 9.67. The first-order valence-corrected chi connectivity index (χ1v) is 9.67. The van der Waals surface area contributed by atoms with Crippen LogP contribution in [0.15, 0.2) is 28.9 Å². The van der Waals surface area contributed by atoms with Gasteiger partial charge in [0, 0.05) is 37.6 Å². The lowest BCUT2D eigenvalue weighted by molar-refractivity contribution is -0.125. The molecule has 0 radical (unpaired) electrons. The number of carbonyl (C=O) groups is 1. The van der Waals surface area contributed by atoms with Gasteiger partial charge in [-0.3, -0.25) is 4.79 Å². The number of nitrogens with one attached hydrogen (secondary N) is 1. The molecule has 27 heavy (non-hydrogen) atoms. The minimum atomic E-state index is 0.0434.